The number of rotatable bonds is 14. The molecular weight excluding hydrogens is 470 g/mol. The summed E-state index contributed by atoms with van der Waals surface area (Å²) in [5, 5.41) is 2.91. The van der Waals surface area contributed by atoms with Gasteiger partial charge in [0, 0.05) is 18.2 Å². The molecule has 1 aromatic carbocycles. The molecule has 0 fully saturated rings. The number of anilines is 1. The highest BCUT2D eigenvalue weighted by atomic mass is 16.5. The van der Waals surface area contributed by atoms with Gasteiger partial charge in [-0.2, -0.15) is 0 Å². The van der Waals surface area contributed by atoms with Crippen LogP contribution in [0.3, 0.4) is 0 Å². The molecule has 0 aromatic heterocycles. The minimum absolute atomic E-state index is 0.0337. The highest BCUT2D eigenvalue weighted by molar-refractivity contribution is 6.00. The summed E-state index contributed by atoms with van der Waals surface area (Å²) in [5.74, 6) is 0.578. The van der Waals surface area contributed by atoms with Gasteiger partial charge in [-0.15, -0.1) is 0 Å². The lowest BCUT2D eigenvalue weighted by molar-refractivity contribution is -0.112. The van der Waals surface area contributed by atoms with E-state index in [4.69, 9.17) is 4.74 Å². The second-order valence-corrected chi connectivity index (χ2v) is 11.1. The molecule has 4 heteroatoms. The predicted octanol–water partition coefficient (Wildman–Crippen LogP) is 9.07. The summed E-state index contributed by atoms with van der Waals surface area (Å²) < 4.78 is 6.07. The zero-order chi connectivity index (χ0) is 28.0. The summed E-state index contributed by atoms with van der Waals surface area (Å²) >= 11 is 0. The van der Waals surface area contributed by atoms with E-state index in [1.165, 1.54) is 36.0 Å². The number of aldehydes is 1. The second kappa shape index (κ2) is 16.0. The first kappa shape index (κ1) is 31.1. The summed E-state index contributed by atoms with van der Waals surface area (Å²) in [5.41, 5.74) is 5.95. The SMILES string of the molecule is CCCCC(CCC=O)Oc1ccc(NC(=O)/C=C(C)/C=C/C=C(C)/C=C/C2=C(C)CCCC2(C)C)cc1. The van der Waals surface area contributed by atoms with Crippen LogP contribution < -0.4 is 10.1 Å². The van der Waals surface area contributed by atoms with Crippen LogP contribution in [-0.4, -0.2) is 18.3 Å². The number of hydrogen-bond acceptors (Lipinski definition) is 3. The lowest BCUT2D eigenvalue weighted by Gasteiger charge is -2.32. The van der Waals surface area contributed by atoms with Crippen molar-refractivity contribution in [2.45, 2.75) is 99.0 Å². The standard InChI is InChI=1S/C34H47NO3/c1-7-8-15-30(16-11-24-36)38-31-20-18-29(19-21-31)35-33(37)25-27(3)13-9-12-26(2)17-22-32-28(4)14-10-23-34(32,5)6/h9,12-13,17-22,24-25,30H,7-8,10-11,14-16,23H2,1-6H3,(H,35,37)/b13-9+,22-17+,26-12+,27-25+. The number of ether oxygens (including phenoxy) is 1. The third kappa shape index (κ3) is 11.1. The van der Waals surface area contributed by atoms with Crippen molar-refractivity contribution in [2.24, 2.45) is 5.41 Å². The molecule has 4 nitrogen and oxygen atoms in total. The number of allylic oxidation sites excluding steroid dienone is 9. The van der Waals surface area contributed by atoms with E-state index < -0.39 is 0 Å². The average molecular weight is 518 g/mol. The van der Waals surface area contributed by atoms with E-state index in [9.17, 15) is 9.59 Å². The highest BCUT2D eigenvalue weighted by Gasteiger charge is 2.26. The lowest BCUT2D eigenvalue weighted by Crippen LogP contribution is -2.19. The number of carbonyl (C=O) groups excluding carboxylic acids is 2. The molecule has 0 spiro atoms. The first-order valence-electron chi connectivity index (χ1n) is 14.1. The van der Waals surface area contributed by atoms with Gasteiger partial charge in [-0.3, -0.25) is 4.79 Å². The first-order valence-corrected chi connectivity index (χ1v) is 14.1. The zero-order valence-corrected chi connectivity index (χ0v) is 24.3. The molecule has 0 heterocycles. The average Bonchev–Trinajstić information content (AvgIpc) is 2.86. The van der Waals surface area contributed by atoms with Crippen molar-refractivity contribution in [3.8, 4) is 5.75 Å². The van der Waals surface area contributed by atoms with Gasteiger partial charge >= 0.3 is 0 Å². The van der Waals surface area contributed by atoms with Crippen molar-refractivity contribution >= 4 is 17.9 Å². The number of hydrogen-bond donors (Lipinski definition) is 1. The minimum Gasteiger partial charge on any atom is -0.490 e. The van der Waals surface area contributed by atoms with Gasteiger partial charge in [-0.05, 0) is 93.7 Å². The Morgan fingerprint density at radius 1 is 1.11 bits per heavy atom. The highest BCUT2D eigenvalue weighted by Crippen LogP contribution is 2.40. The van der Waals surface area contributed by atoms with Gasteiger partial charge in [0.1, 0.15) is 12.0 Å². The monoisotopic (exact) mass is 517 g/mol. The minimum atomic E-state index is -0.171. The summed E-state index contributed by atoms with van der Waals surface area (Å²) in [6.07, 6.45) is 21.1. The van der Waals surface area contributed by atoms with E-state index in [2.05, 4.69) is 58.2 Å². The fraction of sp³-hybridized carbons (Fsp3) is 0.471. The fourth-order valence-corrected chi connectivity index (χ4v) is 4.82. The maximum absolute atomic E-state index is 12.5. The Morgan fingerprint density at radius 2 is 1.84 bits per heavy atom. The van der Waals surface area contributed by atoms with Crippen LogP contribution in [0.2, 0.25) is 0 Å². The Kier molecular flexibility index (Phi) is 13.1. The van der Waals surface area contributed by atoms with Crippen LogP contribution in [0.1, 0.15) is 92.9 Å². The topological polar surface area (TPSA) is 55.4 Å². The van der Waals surface area contributed by atoms with Crippen molar-refractivity contribution < 1.29 is 14.3 Å². The number of benzene rings is 1. The molecule has 38 heavy (non-hydrogen) atoms. The predicted molar refractivity (Wildman–Crippen MR) is 160 cm³/mol. The Balaban J connectivity index is 1.90. The van der Waals surface area contributed by atoms with Crippen molar-refractivity contribution in [3.05, 3.63) is 83.0 Å². The molecule has 1 aromatic rings. The van der Waals surface area contributed by atoms with Crippen molar-refractivity contribution in [3.63, 3.8) is 0 Å². The molecule has 1 N–H and O–H groups in total. The molecule has 206 valence electrons. The Hall–Kier alpha value is -3.14. The third-order valence-corrected chi connectivity index (χ3v) is 7.04. The molecule has 1 aliphatic carbocycles. The smallest absolute Gasteiger partial charge is 0.248 e. The Bertz CT molecular complexity index is 1070. The second-order valence-electron chi connectivity index (χ2n) is 11.1. The summed E-state index contributed by atoms with van der Waals surface area (Å²) in [6, 6.07) is 7.40. The van der Waals surface area contributed by atoms with E-state index in [1.54, 1.807) is 6.08 Å². The van der Waals surface area contributed by atoms with Crippen LogP contribution in [0.25, 0.3) is 0 Å². The van der Waals surface area contributed by atoms with Gasteiger partial charge in [0.05, 0.1) is 6.10 Å². The summed E-state index contributed by atoms with van der Waals surface area (Å²) in [7, 11) is 0. The van der Waals surface area contributed by atoms with E-state index >= 15 is 0 Å². The van der Waals surface area contributed by atoms with Crippen LogP contribution >= 0.6 is 0 Å². The molecule has 0 saturated heterocycles. The van der Waals surface area contributed by atoms with Crippen LogP contribution in [0.15, 0.2) is 83.0 Å². The number of carbonyl (C=O) groups is 2. The van der Waals surface area contributed by atoms with E-state index in [0.717, 1.165) is 43.3 Å². The molecule has 2 rings (SSSR count). The molecule has 1 unspecified atom stereocenters. The normalized spacial score (nSPS) is 17.2. The van der Waals surface area contributed by atoms with Crippen LogP contribution in [0.4, 0.5) is 5.69 Å². The number of unbranched alkanes of at least 4 members (excludes halogenated alkanes) is 1. The molecule has 0 radical (unpaired) electrons. The van der Waals surface area contributed by atoms with E-state index in [-0.39, 0.29) is 17.4 Å². The van der Waals surface area contributed by atoms with Crippen LogP contribution in [-0.2, 0) is 9.59 Å². The van der Waals surface area contributed by atoms with E-state index in [0.29, 0.717) is 12.1 Å². The maximum Gasteiger partial charge on any atom is 0.248 e. The molecule has 0 aliphatic heterocycles. The van der Waals surface area contributed by atoms with Crippen molar-refractivity contribution in [2.75, 3.05) is 5.32 Å². The van der Waals surface area contributed by atoms with Gasteiger partial charge < -0.3 is 14.8 Å². The molecule has 1 amide bonds. The molecule has 1 atom stereocenters. The van der Waals surface area contributed by atoms with Gasteiger partial charge in [-0.25, -0.2) is 0 Å². The summed E-state index contributed by atoms with van der Waals surface area (Å²) in [6.45, 7) is 13.1. The van der Waals surface area contributed by atoms with Crippen LogP contribution in [0.5, 0.6) is 5.75 Å². The van der Waals surface area contributed by atoms with Gasteiger partial charge in [0.25, 0.3) is 0 Å². The molecule has 1 aliphatic rings. The zero-order valence-electron chi connectivity index (χ0n) is 24.3. The van der Waals surface area contributed by atoms with Gasteiger partial charge in [0.2, 0.25) is 5.91 Å². The van der Waals surface area contributed by atoms with Crippen LogP contribution in [0, 0.1) is 5.41 Å². The van der Waals surface area contributed by atoms with Gasteiger partial charge in [-0.1, -0.05) is 75.1 Å². The first-order chi connectivity index (χ1) is 18.1. The maximum atomic E-state index is 12.5. The van der Waals surface area contributed by atoms with Gasteiger partial charge in [0.15, 0.2) is 0 Å². The summed E-state index contributed by atoms with van der Waals surface area (Å²) in [4.78, 5) is 23.2. The molecule has 0 saturated carbocycles. The lowest BCUT2D eigenvalue weighted by atomic mass is 9.72. The molecule has 0 bridgehead atoms. The third-order valence-electron chi connectivity index (χ3n) is 7.04. The molecular formula is C34H47NO3. The fourth-order valence-electron chi connectivity index (χ4n) is 4.82. The van der Waals surface area contributed by atoms with E-state index in [1.807, 2.05) is 43.3 Å². The van der Waals surface area contributed by atoms with Crippen molar-refractivity contribution in [1.29, 1.82) is 0 Å². The Morgan fingerprint density at radius 3 is 2.50 bits per heavy atom. The largest absolute Gasteiger partial charge is 0.490 e. The Labute approximate surface area is 230 Å². The number of nitrogens with one attached hydrogen (secondary N) is 1. The number of amides is 1. The van der Waals surface area contributed by atoms with Crippen molar-refractivity contribution in [1.82, 2.24) is 0 Å². The quantitative estimate of drug-likeness (QED) is 0.152.